The summed E-state index contributed by atoms with van der Waals surface area (Å²) in [5.74, 6) is -1.53. The average Bonchev–Trinajstić information content (AvgIpc) is 3.17. The number of oxime groups is 1. The monoisotopic (exact) mass is 344 g/mol. The number of hydrogen-bond donors (Lipinski definition) is 0. The highest BCUT2D eigenvalue weighted by molar-refractivity contribution is 6.33. The number of anilines is 1. The molecular weight excluding hydrogens is 332 g/mol. The molecule has 1 saturated heterocycles. The second kappa shape index (κ2) is 5.17. The first-order chi connectivity index (χ1) is 11.5. The molecule has 2 aliphatic heterocycles. The Kier molecular flexibility index (Phi) is 3.21. The second-order valence-electron chi connectivity index (χ2n) is 5.77. The van der Waals surface area contributed by atoms with Gasteiger partial charge in [-0.05, 0) is 31.2 Å². The lowest BCUT2D eigenvalue weighted by atomic mass is 9.94. The minimum Gasteiger partial charge on any atom is -0.381 e. The van der Waals surface area contributed by atoms with Gasteiger partial charge in [-0.25, -0.2) is 4.90 Å². The van der Waals surface area contributed by atoms with Crippen molar-refractivity contribution in [1.29, 1.82) is 0 Å². The number of nitrogens with zero attached hydrogens (tertiary/aromatic N) is 4. The van der Waals surface area contributed by atoms with Crippen LogP contribution in [0.25, 0.3) is 0 Å². The van der Waals surface area contributed by atoms with Gasteiger partial charge in [0.1, 0.15) is 11.6 Å². The summed E-state index contributed by atoms with van der Waals surface area (Å²) in [4.78, 5) is 31.9. The molecule has 2 atom stereocenters. The molecule has 2 aliphatic rings. The van der Waals surface area contributed by atoms with Crippen LogP contribution in [0.1, 0.15) is 11.3 Å². The largest absolute Gasteiger partial charge is 0.381 e. The SMILES string of the molecule is Cc1nn(C)cc1C1=NO[C@@H]2C(=O)N(c3ccc(Cl)cc3)C(=O)[C@@H]12. The third-order valence-electron chi connectivity index (χ3n) is 4.19. The number of amides is 2. The van der Waals surface area contributed by atoms with E-state index in [9.17, 15) is 9.59 Å². The quantitative estimate of drug-likeness (QED) is 0.777. The zero-order chi connectivity index (χ0) is 17.0. The van der Waals surface area contributed by atoms with Crippen LogP contribution in [0.4, 0.5) is 5.69 Å². The van der Waals surface area contributed by atoms with E-state index in [1.54, 1.807) is 42.2 Å². The van der Waals surface area contributed by atoms with E-state index in [0.29, 0.717) is 22.0 Å². The van der Waals surface area contributed by atoms with Crippen LogP contribution >= 0.6 is 11.6 Å². The van der Waals surface area contributed by atoms with Crippen molar-refractivity contribution in [1.82, 2.24) is 9.78 Å². The number of carbonyl (C=O) groups excluding carboxylic acids is 2. The summed E-state index contributed by atoms with van der Waals surface area (Å²) in [7, 11) is 1.78. The number of fused-ring (bicyclic) bond motifs is 1. The van der Waals surface area contributed by atoms with E-state index < -0.39 is 17.9 Å². The third-order valence-corrected chi connectivity index (χ3v) is 4.44. The molecule has 0 aliphatic carbocycles. The zero-order valence-electron chi connectivity index (χ0n) is 12.9. The van der Waals surface area contributed by atoms with Crippen molar-refractivity contribution in [3.63, 3.8) is 0 Å². The van der Waals surface area contributed by atoms with Gasteiger partial charge in [-0.3, -0.25) is 14.3 Å². The molecule has 0 spiro atoms. The number of hydrogen-bond acceptors (Lipinski definition) is 5. The molecule has 24 heavy (non-hydrogen) atoms. The first kappa shape index (κ1) is 14.9. The fraction of sp³-hybridized carbons (Fsp3) is 0.250. The molecule has 0 saturated carbocycles. The van der Waals surface area contributed by atoms with Crippen LogP contribution in [-0.2, 0) is 21.5 Å². The van der Waals surface area contributed by atoms with Gasteiger partial charge in [0, 0.05) is 23.8 Å². The molecule has 1 aromatic heterocycles. The molecule has 0 bridgehead atoms. The number of carbonyl (C=O) groups is 2. The van der Waals surface area contributed by atoms with E-state index in [1.165, 1.54) is 0 Å². The Morgan fingerprint density at radius 2 is 1.88 bits per heavy atom. The lowest BCUT2D eigenvalue weighted by Crippen LogP contribution is -2.33. The molecule has 3 heterocycles. The molecule has 0 radical (unpaired) electrons. The van der Waals surface area contributed by atoms with Crippen LogP contribution in [0.15, 0.2) is 35.6 Å². The number of rotatable bonds is 2. The smallest absolute Gasteiger partial charge is 0.278 e. The lowest BCUT2D eigenvalue weighted by molar-refractivity contribution is -0.126. The summed E-state index contributed by atoms with van der Waals surface area (Å²) in [5, 5.41) is 8.77. The van der Waals surface area contributed by atoms with Gasteiger partial charge in [-0.1, -0.05) is 16.8 Å². The highest BCUT2D eigenvalue weighted by atomic mass is 35.5. The summed E-state index contributed by atoms with van der Waals surface area (Å²) < 4.78 is 1.64. The highest BCUT2D eigenvalue weighted by Crippen LogP contribution is 2.35. The first-order valence-corrected chi connectivity index (χ1v) is 7.73. The summed E-state index contributed by atoms with van der Waals surface area (Å²) in [6, 6.07) is 6.52. The van der Waals surface area contributed by atoms with Crippen molar-refractivity contribution in [2.45, 2.75) is 13.0 Å². The van der Waals surface area contributed by atoms with Crippen LogP contribution < -0.4 is 4.90 Å². The minimum absolute atomic E-state index is 0.355. The van der Waals surface area contributed by atoms with Gasteiger partial charge in [-0.2, -0.15) is 5.10 Å². The molecule has 122 valence electrons. The molecule has 4 rings (SSSR count). The van der Waals surface area contributed by atoms with Crippen LogP contribution in [0.3, 0.4) is 0 Å². The second-order valence-corrected chi connectivity index (χ2v) is 6.21. The predicted octanol–water partition coefficient (Wildman–Crippen LogP) is 1.67. The van der Waals surface area contributed by atoms with Crippen molar-refractivity contribution in [3.8, 4) is 0 Å². The Morgan fingerprint density at radius 1 is 1.17 bits per heavy atom. The molecular formula is C16H13ClN4O3. The molecule has 1 aromatic carbocycles. The fourth-order valence-electron chi connectivity index (χ4n) is 3.10. The van der Waals surface area contributed by atoms with Gasteiger partial charge < -0.3 is 4.84 Å². The fourth-order valence-corrected chi connectivity index (χ4v) is 3.22. The van der Waals surface area contributed by atoms with Crippen LogP contribution in [-0.4, -0.2) is 33.4 Å². The van der Waals surface area contributed by atoms with Crippen LogP contribution in [0.2, 0.25) is 5.02 Å². The van der Waals surface area contributed by atoms with E-state index >= 15 is 0 Å². The number of benzene rings is 1. The van der Waals surface area contributed by atoms with Crippen LogP contribution in [0.5, 0.6) is 0 Å². The van der Waals surface area contributed by atoms with Gasteiger partial charge in [-0.15, -0.1) is 0 Å². The molecule has 7 nitrogen and oxygen atoms in total. The van der Waals surface area contributed by atoms with Crippen molar-refractivity contribution >= 4 is 34.8 Å². The van der Waals surface area contributed by atoms with Crippen molar-refractivity contribution in [3.05, 3.63) is 46.7 Å². The number of halogens is 1. The van der Waals surface area contributed by atoms with Crippen molar-refractivity contribution < 1.29 is 14.4 Å². The Labute approximate surface area is 142 Å². The van der Waals surface area contributed by atoms with Gasteiger partial charge in [0.25, 0.3) is 5.91 Å². The minimum atomic E-state index is -0.928. The van der Waals surface area contributed by atoms with E-state index in [0.717, 1.165) is 10.6 Å². The maximum Gasteiger partial charge on any atom is 0.278 e. The summed E-state index contributed by atoms with van der Waals surface area (Å²) in [6.07, 6.45) is 0.839. The summed E-state index contributed by atoms with van der Waals surface area (Å²) >= 11 is 5.87. The Balaban J connectivity index is 1.72. The number of aromatic nitrogens is 2. The Bertz CT molecular complexity index is 887. The van der Waals surface area contributed by atoms with E-state index in [4.69, 9.17) is 16.4 Å². The van der Waals surface area contributed by atoms with E-state index in [-0.39, 0.29) is 5.91 Å². The van der Waals surface area contributed by atoms with Gasteiger partial charge in [0.05, 0.1) is 11.4 Å². The molecule has 0 N–H and O–H groups in total. The highest BCUT2D eigenvalue weighted by Gasteiger charge is 2.56. The third kappa shape index (κ3) is 2.05. The molecule has 2 amide bonds. The van der Waals surface area contributed by atoms with Crippen LogP contribution in [0, 0.1) is 12.8 Å². The predicted molar refractivity (Wildman–Crippen MR) is 86.8 cm³/mol. The first-order valence-electron chi connectivity index (χ1n) is 7.35. The van der Waals surface area contributed by atoms with Crippen molar-refractivity contribution in [2.24, 2.45) is 18.1 Å². The zero-order valence-corrected chi connectivity index (χ0v) is 13.7. The van der Waals surface area contributed by atoms with Gasteiger partial charge in [0.2, 0.25) is 12.0 Å². The normalized spacial score (nSPS) is 22.6. The lowest BCUT2D eigenvalue weighted by Gasteiger charge is -2.15. The molecule has 8 heteroatoms. The van der Waals surface area contributed by atoms with Gasteiger partial charge in [0.15, 0.2) is 0 Å². The molecule has 1 fully saturated rings. The standard InChI is InChI=1S/C16H13ClN4O3/c1-8-11(7-20(2)18-8)13-12-14(24-19-13)16(23)21(15(12)22)10-5-3-9(17)4-6-10/h3-7,12,14H,1-2H3/t12-,14-/m0/s1. The van der Waals surface area contributed by atoms with Crippen molar-refractivity contribution in [2.75, 3.05) is 4.90 Å². The molecule has 0 unspecified atom stereocenters. The van der Waals surface area contributed by atoms with Gasteiger partial charge >= 0.3 is 0 Å². The topological polar surface area (TPSA) is 76.8 Å². The average molecular weight is 345 g/mol. The summed E-state index contributed by atoms with van der Waals surface area (Å²) in [6.45, 7) is 1.82. The molecule has 2 aromatic rings. The van der Waals surface area contributed by atoms with E-state index in [1.807, 2.05) is 6.92 Å². The number of aryl methyl sites for hydroxylation is 2. The Hall–Kier alpha value is -2.67. The van der Waals surface area contributed by atoms with E-state index in [2.05, 4.69) is 10.3 Å². The number of imide groups is 1. The maximum absolute atomic E-state index is 12.9. The summed E-state index contributed by atoms with van der Waals surface area (Å²) in [5.41, 5.74) is 2.35. The maximum atomic E-state index is 12.9. The Morgan fingerprint density at radius 3 is 2.50 bits per heavy atom.